The number of nitrogen functional groups attached to an aromatic ring is 1. The first-order valence-electron chi connectivity index (χ1n) is 13.0. The summed E-state index contributed by atoms with van der Waals surface area (Å²) in [6, 6.07) is 20.5. The maximum absolute atomic E-state index is 13.0. The number of amides is 2. The molecule has 1 unspecified atom stereocenters. The Labute approximate surface area is 246 Å². The van der Waals surface area contributed by atoms with Crippen molar-refractivity contribution >= 4 is 46.9 Å². The van der Waals surface area contributed by atoms with Crippen molar-refractivity contribution in [3.63, 3.8) is 0 Å². The van der Waals surface area contributed by atoms with Crippen LogP contribution in [0, 0.1) is 0 Å². The number of esters is 1. The molecule has 4 aromatic rings. The van der Waals surface area contributed by atoms with Gasteiger partial charge < -0.3 is 31.2 Å². The lowest BCUT2D eigenvalue weighted by atomic mass is 10.2. The molecule has 0 saturated heterocycles. The summed E-state index contributed by atoms with van der Waals surface area (Å²) in [7, 11) is 0. The van der Waals surface area contributed by atoms with Crippen molar-refractivity contribution in [2.45, 2.75) is 39.0 Å². The molecule has 0 radical (unpaired) electrons. The Morgan fingerprint density at radius 2 is 1.62 bits per heavy atom. The van der Waals surface area contributed by atoms with E-state index in [1.54, 1.807) is 45.0 Å². The second kappa shape index (κ2) is 13.5. The average molecular weight is 590 g/mol. The van der Waals surface area contributed by atoms with Gasteiger partial charge in [-0.2, -0.15) is 15.0 Å². The van der Waals surface area contributed by atoms with Gasteiger partial charge in [-0.3, -0.25) is 4.79 Å². The highest BCUT2D eigenvalue weighted by Gasteiger charge is 2.28. The van der Waals surface area contributed by atoms with Crippen LogP contribution in [0.15, 0.2) is 72.8 Å². The third kappa shape index (κ3) is 8.99. The van der Waals surface area contributed by atoms with Crippen LogP contribution in [0.5, 0.6) is 0 Å². The first kappa shape index (κ1) is 29.9. The minimum Gasteiger partial charge on any atom is -0.458 e. The number of nitrogens with two attached hydrogens (primary N) is 1. The molecule has 0 aliphatic heterocycles. The number of benzene rings is 2. The van der Waals surface area contributed by atoms with Gasteiger partial charge in [0.2, 0.25) is 11.9 Å². The van der Waals surface area contributed by atoms with Crippen molar-refractivity contribution in [2.24, 2.45) is 0 Å². The van der Waals surface area contributed by atoms with Gasteiger partial charge in [-0.15, -0.1) is 11.3 Å². The number of rotatable bonds is 10. The molecular formula is C29H31N7O5S. The van der Waals surface area contributed by atoms with E-state index in [-0.39, 0.29) is 25.0 Å². The maximum atomic E-state index is 13.0. The maximum Gasteiger partial charge on any atom is 0.408 e. The molecule has 0 aliphatic carbocycles. The number of nitrogens with one attached hydrogen (secondary N) is 3. The molecule has 0 bridgehead atoms. The standard InChI is InChI=1S/C29H31N7O5S/c1-29(2,3)41-25(38)20(33-28(39)40-17-18-10-6-4-7-11-18)16-31-24(37)22-15-14-21(42-22)23-34-26(30)36-27(35-23)32-19-12-8-5-9-13-19/h4-15,20H,16-17H2,1-3H3,(H,31,37)(H,33,39)(H3,30,32,34,35,36). The number of hydrogen-bond donors (Lipinski definition) is 4. The van der Waals surface area contributed by atoms with Crippen LogP contribution >= 0.6 is 11.3 Å². The molecule has 12 nitrogen and oxygen atoms in total. The summed E-state index contributed by atoms with van der Waals surface area (Å²) in [6.45, 7) is 4.90. The van der Waals surface area contributed by atoms with Crippen molar-refractivity contribution in [1.82, 2.24) is 25.6 Å². The Hall–Kier alpha value is -5.04. The van der Waals surface area contributed by atoms with Crippen LogP contribution in [-0.2, 0) is 20.9 Å². The smallest absolute Gasteiger partial charge is 0.408 e. The number of alkyl carbamates (subject to hydrolysis) is 1. The Morgan fingerprint density at radius 3 is 2.31 bits per heavy atom. The quantitative estimate of drug-likeness (QED) is 0.196. The molecule has 4 rings (SSSR count). The molecule has 1 atom stereocenters. The van der Waals surface area contributed by atoms with Gasteiger partial charge in [0.05, 0.1) is 9.75 Å². The van der Waals surface area contributed by atoms with Gasteiger partial charge in [-0.25, -0.2) is 9.59 Å². The van der Waals surface area contributed by atoms with E-state index in [2.05, 4.69) is 30.9 Å². The second-order valence-corrected chi connectivity index (χ2v) is 11.1. The average Bonchev–Trinajstić information content (AvgIpc) is 3.45. The number of hydrogen-bond acceptors (Lipinski definition) is 11. The topological polar surface area (TPSA) is 170 Å². The minimum absolute atomic E-state index is 0.0161. The zero-order chi connectivity index (χ0) is 30.1. The van der Waals surface area contributed by atoms with E-state index in [1.807, 2.05) is 48.5 Å². The molecule has 13 heteroatoms. The minimum atomic E-state index is -1.19. The van der Waals surface area contributed by atoms with Crippen molar-refractivity contribution in [2.75, 3.05) is 17.6 Å². The number of nitrogens with zero attached hydrogens (tertiary/aromatic N) is 3. The molecule has 2 heterocycles. The first-order valence-corrected chi connectivity index (χ1v) is 13.8. The molecule has 0 spiro atoms. The zero-order valence-corrected chi connectivity index (χ0v) is 24.1. The van der Waals surface area contributed by atoms with E-state index in [9.17, 15) is 14.4 Å². The summed E-state index contributed by atoms with van der Waals surface area (Å²) in [4.78, 5) is 51.9. The fourth-order valence-corrected chi connectivity index (χ4v) is 4.40. The summed E-state index contributed by atoms with van der Waals surface area (Å²) < 4.78 is 10.7. The molecule has 2 aromatic carbocycles. The van der Waals surface area contributed by atoms with Crippen LogP contribution < -0.4 is 21.7 Å². The number of carbonyl (C=O) groups excluding carboxylic acids is 3. The Balaban J connectivity index is 1.40. The number of thiophene rings is 1. The second-order valence-electron chi connectivity index (χ2n) is 10.00. The Kier molecular flexibility index (Phi) is 9.65. The largest absolute Gasteiger partial charge is 0.458 e. The Morgan fingerprint density at radius 1 is 0.929 bits per heavy atom. The molecule has 218 valence electrons. The normalized spacial score (nSPS) is 11.7. The van der Waals surface area contributed by atoms with Gasteiger partial charge >= 0.3 is 12.1 Å². The molecule has 0 saturated carbocycles. The fourth-order valence-electron chi connectivity index (χ4n) is 3.54. The van der Waals surface area contributed by atoms with E-state index in [1.165, 1.54) is 0 Å². The summed E-state index contributed by atoms with van der Waals surface area (Å²) in [5.74, 6) is -0.620. The summed E-state index contributed by atoms with van der Waals surface area (Å²) >= 11 is 1.13. The fraction of sp³-hybridized carbons (Fsp3) is 0.241. The van der Waals surface area contributed by atoms with E-state index in [0.29, 0.717) is 15.6 Å². The summed E-state index contributed by atoms with van der Waals surface area (Å²) in [5, 5.41) is 8.23. The zero-order valence-electron chi connectivity index (χ0n) is 23.3. The molecular weight excluding hydrogens is 558 g/mol. The monoisotopic (exact) mass is 589 g/mol. The van der Waals surface area contributed by atoms with Gasteiger partial charge in [0.25, 0.3) is 5.91 Å². The molecule has 2 aromatic heterocycles. The van der Waals surface area contributed by atoms with Crippen LogP contribution in [0.2, 0.25) is 0 Å². The Bertz CT molecular complexity index is 1520. The molecule has 5 N–H and O–H groups in total. The van der Waals surface area contributed by atoms with Crippen molar-refractivity contribution in [1.29, 1.82) is 0 Å². The van der Waals surface area contributed by atoms with Crippen molar-refractivity contribution in [3.05, 3.63) is 83.2 Å². The van der Waals surface area contributed by atoms with E-state index >= 15 is 0 Å². The van der Waals surface area contributed by atoms with Gasteiger partial charge in [0, 0.05) is 12.2 Å². The van der Waals surface area contributed by atoms with Gasteiger partial charge in [0.1, 0.15) is 18.2 Å². The first-order chi connectivity index (χ1) is 20.1. The number of ether oxygens (including phenoxy) is 2. The van der Waals surface area contributed by atoms with Crippen LogP contribution in [-0.4, -0.2) is 51.1 Å². The predicted octanol–water partition coefficient (Wildman–Crippen LogP) is 4.29. The van der Waals surface area contributed by atoms with Crippen molar-refractivity contribution < 1.29 is 23.9 Å². The van der Waals surface area contributed by atoms with Crippen LogP contribution in [0.4, 0.5) is 22.4 Å². The van der Waals surface area contributed by atoms with Gasteiger partial charge in [-0.05, 0) is 50.6 Å². The summed E-state index contributed by atoms with van der Waals surface area (Å²) in [6.07, 6.45) is -0.824. The van der Waals surface area contributed by atoms with Crippen molar-refractivity contribution in [3.8, 4) is 10.7 Å². The third-order valence-electron chi connectivity index (χ3n) is 5.40. The van der Waals surface area contributed by atoms with E-state index < -0.39 is 29.6 Å². The lowest BCUT2D eigenvalue weighted by molar-refractivity contribution is -0.157. The predicted molar refractivity (Wildman–Crippen MR) is 159 cm³/mol. The van der Waals surface area contributed by atoms with Crippen LogP contribution in [0.25, 0.3) is 10.7 Å². The number of para-hydroxylation sites is 1. The van der Waals surface area contributed by atoms with Gasteiger partial charge in [0.15, 0.2) is 5.82 Å². The highest BCUT2D eigenvalue weighted by atomic mass is 32.1. The third-order valence-corrected chi connectivity index (χ3v) is 6.48. The lowest BCUT2D eigenvalue weighted by Crippen LogP contribution is -2.50. The number of aromatic nitrogens is 3. The lowest BCUT2D eigenvalue weighted by Gasteiger charge is -2.24. The molecule has 0 fully saturated rings. The number of anilines is 3. The molecule has 42 heavy (non-hydrogen) atoms. The van der Waals surface area contributed by atoms with E-state index in [0.717, 1.165) is 22.6 Å². The van der Waals surface area contributed by atoms with E-state index in [4.69, 9.17) is 15.2 Å². The highest BCUT2D eigenvalue weighted by molar-refractivity contribution is 7.17. The molecule has 0 aliphatic rings. The molecule has 2 amide bonds. The summed E-state index contributed by atoms with van der Waals surface area (Å²) in [5.41, 5.74) is 6.65. The highest BCUT2D eigenvalue weighted by Crippen LogP contribution is 2.27. The van der Waals surface area contributed by atoms with Crippen LogP contribution in [0.3, 0.4) is 0 Å². The number of carbonyl (C=O) groups is 3. The van der Waals surface area contributed by atoms with Gasteiger partial charge in [-0.1, -0.05) is 48.5 Å². The van der Waals surface area contributed by atoms with Crippen LogP contribution in [0.1, 0.15) is 36.0 Å². The SMILES string of the molecule is CC(C)(C)OC(=O)C(CNC(=O)c1ccc(-c2nc(N)nc(Nc3ccccc3)n2)s1)NC(=O)OCc1ccccc1.